The maximum absolute atomic E-state index is 12.0. The van der Waals surface area contributed by atoms with Gasteiger partial charge in [0.2, 0.25) is 0 Å². The van der Waals surface area contributed by atoms with Crippen molar-refractivity contribution in [2.45, 2.75) is 12.1 Å². The first-order chi connectivity index (χ1) is 10.1. The SMILES string of the molecule is Cc1occc1-c1nnc(SCC(=O)c2cccn2C)o1. The number of ketones is 1. The molecule has 0 atom stereocenters. The number of hydrogen-bond donors (Lipinski definition) is 0. The van der Waals surface area contributed by atoms with E-state index in [9.17, 15) is 4.79 Å². The monoisotopic (exact) mass is 303 g/mol. The lowest BCUT2D eigenvalue weighted by molar-refractivity contribution is 0.101. The van der Waals surface area contributed by atoms with Crippen LogP contribution in [0.4, 0.5) is 0 Å². The fourth-order valence-electron chi connectivity index (χ4n) is 1.94. The van der Waals surface area contributed by atoms with Crippen molar-refractivity contribution in [3.05, 3.63) is 42.1 Å². The highest BCUT2D eigenvalue weighted by Gasteiger charge is 2.15. The topological polar surface area (TPSA) is 74.1 Å². The van der Waals surface area contributed by atoms with Crippen LogP contribution in [0.1, 0.15) is 16.2 Å². The van der Waals surface area contributed by atoms with E-state index in [1.807, 2.05) is 26.2 Å². The van der Waals surface area contributed by atoms with Gasteiger partial charge in [0.15, 0.2) is 5.78 Å². The van der Waals surface area contributed by atoms with Gasteiger partial charge in [0.05, 0.1) is 23.3 Å². The molecule has 0 saturated carbocycles. The summed E-state index contributed by atoms with van der Waals surface area (Å²) in [4.78, 5) is 12.0. The lowest BCUT2D eigenvalue weighted by Gasteiger charge is -2.00. The van der Waals surface area contributed by atoms with Crippen molar-refractivity contribution >= 4 is 17.5 Å². The summed E-state index contributed by atoms with van der Waals surface area (Å²) in [6.07, 6.45) is 3.41. The van der Waals surface area contributed by atoms with Crippen molar-refractivity contribution in [2.75, 3.05) is 5.75 Å². The van der Waals surface area contributed by atoms with E-state index in [0.717, 1.165) is 11.3 Å². The molecule has 3 aromatic heterocycles. The standard InChI is InChI=1S/C14H13N3O3S/c1-9-10(5-7-19-9)13-15-16-14(20-13)21-8-12(18)11-4-3-6-17(11)2/h3-7H,8H2,1-2H3. The van der Waals surface area contributed by atoms with Crippen molar-refractivity contribution in [1.29, 1.82) is 0 Å². The molecule has 0 aromatic carbocycles. The van der Waals surface area contributed by atoms with Gasteiger partial charge in [-0.25, -0.2) is 0 Å². The summed E-state index contributed by atoms with van der Waals surface area (Å²) in [6.45, 7) is 1.82. The van der Waals surface area contributed by atoms with Gasteiger partial charge in [-0.3, -0.25) is 4.79 Å². The normalized spacial score (nSPS) is 11.0. The number of furan rings is 1. The quantitative estimate of drug-likeness (QED) is 0.533. The van der Waals surface area contributed by atoms with Crippen LogP contribution in [-0.2, 0) is 7.05 Å². The molecule has 0 unspecified atom stereocenters. The Balaban J connectivity index is 1.67. The van der Waals surface area contributed by atoms with Gasteiger partial charge in [0.1, 0.15) is 5.76 Å². The second-order valence-electron chi connectivity index (χ2n) is 4.48. The Morgan fingerprint density at radius 2 is 2.24 bits per heavy atom. The average molecular weight is 303 g/mol. The summed E-state index contributed by atoms with van der Waals surface area (Å²) in [7, 11) is 1.84. The zero-order valence-electron chi connectivity index (χ0n) is 11.6. The summed E-state index contributed by atoms with van der Waals surface area (Å²) in [6, 6.07) is 5.40. The molecular weight excluding hydrogens is 290 g/mol. The minimum absolute atomic E-state index is 0.0201. The number of nitrogens with zero attached hydrogens (tertiary/aromatic N) is 3. The van der Waals surface area contributed by atoms with Crippen molar-refractivity contribution in [3.8, 4) is 11.5 Å². The fourth-order valence-corrected chi connectivity index (χ4v) is 2.57. The Hall–Kier alpha value is -2.28. The van der Waals surface area contributed by atoms with E-state index in [4.69, 9.17) is 8.83 Å². The largest absolute Gasteiger partial charge is 0.469 e. The molecule has 0 aliphatic heterocycles. The predicted octanol–water partition coefficient (Wildman–Crippen LogP) is 2.95. The maximum atomic E-state index is 12.0. The van der Waals surface area contributed by atoms with Crippen molar-refractivity contribution in [1.82, 2.24) is 14.8 Å². The van der Waals surface area contributed by atoms with Crippen LogP contribution in [0.2, 0.25) is 0 Å². The van der Waals surface area contributed by atoms with Crippen molar-refractivity contribution in [2.24, 2.45) is 7.05 Å². The first-order valence-corrected chi connectivity index (χ1v) is 7.29. The number of aromatic nitrogens is 3. The molecule has 0 bridgehead atoms. The summed E-state index contributed by atoms with van der Waals surface area (Å²) in [5.41, 5.74) is 1.43. The zero-order chi connectivity index (χ0) is 14.8. The molecule has 108 valence electrons. The second-order valence-corrected chi connectivity index (χ2v) is 5.41. The molecule has 7 heteroatoms. The van der Waals surface area contributed by atoms with Gasteiger partial charge in [0, 0.05) is 13.2 Å². The van der Waals surface area contributed by atoms with E-state index in [1.54, 1.807) is 23.0 Å². The average Bonchev–Trinajstić information content (AvgIpc) is 3.16. The summed E-state index contributed by atoms with van der Waals surface area (Å²) >= 11 is 1.23. The summed E-state index contributed by atoms with van der Waals surface area (Å²) in [5, 5.41) is 8.27. The molecule has 0 fully saturated rings. The van der Waals surface area contributed by atoms with Gasteiger partial charge in [0.25, 0.3) is 11.1 Å². The van der Waals surface area contributed by atoms with Crippen LogP contribution in [0.5, 0.6) is 0 Å². The third-order valence-electron chi connectivity index (χ3n) is 3.05. The molecular formula is C14H13N3O3S. The molecule has 3 rings (SSSR count). The van der Waals surface area contributed by atoms with Crippen LogP contribution in [0.3, 0.4) is 0 Å². The maximum Gasteiger partial charge on any atom is 0.277 e. The predicted molar refractivity (Wildman–Crippen MR) is 77.2 cm³/mol. The molecule has 0 aliphatic carbocycles. The Kier molecular flexibility index (Phi) is 3.66. The molecule has 6 nitrogen and oxygen atoms in total. The Morgan fingerprint density at radius 3 is 2.90 bits per heavy atom. The highest BCUT2D eigenvalue weighted by Crippen LogP contribution is 2.26. The Morgan fingerprint density at radius 1 is 1.38 bits per heavy atom. The Bertz CT molecular complexity index is 772. The van der Waals surface area contributed by atoms with Gasteiger partial charge in [-0.05, 0) is 25.1 Å². The molecule has 0 radical (unpaired) electrons. The lowest BCUT2D eigenvalue weighted by Crippen LogP contribution is -2.07. The van der Waals surface area contributed by atoms with Crippen LogP contribution in [0.15, 0.2) is 44.7 Å². The highest BCUT2D eigenvalue weighted by molar-refractivity contribution is 7.99. The van der Waals surface area contributed by atoms with Crippen LogP contribution in [0.25, 0.3) is 11.5 Å². The molecule has 21 heavy (non-hydrogen) atoms. The first-order valence-electron chi connectivity index (χ1n) is 6.30. The van der Waals surface area contributed by atoms with E-state index in [2.05, 4.69) is 10.2 Å². The van der Waals surface area contributed by atoms with Crippen LogP contribution >= 0.6 is 11.8 Å². The second kappa shape index (κ2) is 5.61. The number of hydrogen-bond acceptors (Lipinski definition) is 6. The molecule has 0 saturated heterocycles. The van der Waals surface area contributed by atoms with E-state index < -0.39 is 0 Å². The smallest absolute Gasteiger partial charge is 0.277 e. The number of thioether (sulfide) groups is 1. The minimum Gasteiger partial charge on any atom is -0.469 e. The van der Waals surface area contributed by atoms with Crippen LogP contribution < -0.4 is 0 Å². The zero-order valence-corrected chi connectivity index (χ0v) is 12.4. The Labute approximate surface area is 125 Å². The van der Waals surface area contributed by atoms with E-state index in [1.165, 1.54) is 11.8 Å². The molecule has 0 aliphatic rings. The van der Waals surface area contributed by atoms with Gasteiger partial charge in [-0.1, -0.05) is 11.8 Å². The summed E-state index contributed by atoms with van der Waals surface area (Å²) in [5.74, 6) is 1.39. The number of carbonyl (C=O) groups is 1. The van der Waals surface area contributed by atoms with E-state index in [-0.39, 0.29) is 11.5 Å². The first kappa shape index (κ1) is 13.7. The number of Topliss-reactive ketones (excluding diaryl/α,β-unsaturated/α-hetero) is 1. The van der Waals surface area contributed by atoms with E-state index in [0.29, 0.717) is 16.8 Å². The fraction of sp³-hybridized carbons (Fsp3) is 0.214. The van der Waals surface area contributed by atoms with Gasteiger partial charge in [-0.15, -0.1) is 10.2 Å². The molecule has 3 aromatic rings. The highest BCUT2D eigenvalue weighted by atomic mass is 32.2. The van der Waals surface area contributed by atoms with E-state index >= 15 is 0 Å². The molecule has 0 N–H and O–H groups in total. The lowest BCUT2D eigenvalue weighted by atomic mass is 10.3. The molecule has 0 spiro atoms. The van der Waals surface area contributed by atoms with Crippen molar-refractivity contribution in [3.63, 3.8) is 0 Å². The minimum atomic E-state index is 0.0201. The third kappa shape index (κ3) is 2.78. The van der Waals surface area contributed by atoms with Gasteiger partial charge >= 0.3 is 0 Å². The molecule has 3 heterocycles. The number of carbonyl (C=O) groups excluding carboxylic acids is 1. The summed E-state index contributed by atoms with van der Waals surface area (Å²) < 4.78 is 12.5. The van der Waals surface area contributed by atoms with Gasteiger partial charge in [-0.2, -0.15) is 0 Å². The number of rotatable bonds is 5. The van der Waals surface area contributed by atoms with Crippen LogP contribution in [-0.4, -0.2) is 26.3 Å². The van der Waals surface area contributed by atoms with Crippen molar-refractivity contribution < 1.29 is 13.6 Å². The number of aryl methyl sites for hydroxylation is 2. The molecule has 0 amide bonds. The van der Waals surface area contributed by atoms with Crippen LogP contribution in [0, 0.1) is 6.92 Å². The van der Waals surface area contributed by atoms with Gasteiger partial charge < -0.3 is 13.4 Å². The third-order valence-corrected chi connectivity index (χ3v) is 3.87.